The molecule has 2 N–H and O–H groups in total. The van der Waals surface area contributed by atoms with Gasteiger partial charge in [0.15, 0.2) is 5.82 Å². The predicted molar refractivity (Wildman–Crippen MR) is 125 cm³/mol. The number of nitrogens with zero attached hydrogens (tertiary/aromatic N) is 3. The van der Waals surface area contributed by atoms with Gasteiger partial charge in [0.1, 0.15) is 10.7 Å². The monoisotopic (exact) mass is 513 g/mol. The number of nitrogens with one attached hydrogen (secondary N) is 2. The molecule has 2 heterocycles. The minimum absolute atomic E-state index is 0.220. The number of aromatic amines is 1. The Balaban J connectivity index is 1.48. The van der Waals surface area contributed by atoms with E-state index in [0.29, 0.717) is 37.9 Å². The highest BCUT2D eigenvalue weighted by molar-refractivity contribution is 6.42. The van der Waals surface area contributed by atoms with Crippen LogP contribution in [0.15, 0.2) is 48.7 Å². The Morgan fingerprint density at radius 2 is 1.61 bits per heavy atom. The van der Waals surface area contributed by atoms with Crippen LogP contribution in [0.4, 0.5) is 5.82 Å². The van der Waals surface area contributed by atoms with Crippen molar-refractivity contribution in [3.63, 3.8) is 0 Å². The van der Waals surface area contributed by atoms with Crippen LogP contribution >= 0.6 is 58.0 Å². The van der Waals surface area contributed by atoms with Crippen LogP contribution in [0.3, 0.4) is 0 Å². The maximum atomic E-state index is 12.6. The fraction of sp³-hybridized carbons (Fsp3) is 0.0500. The first-order chi connectivity index (χ1) is 14.8. The molecule has 0 unspecified atom stereocenters. The van der Waals surface area contributed by atoms with Gasteiger partial charge in [-0.3, -0.25) is 14.6 Å². The van der Waals surface area contributed by atoms with Gasteiger partial charge in [-0.15, -0.1) is 0 Å². The van der Waals surface area contributed by atoms with Gasteiger partial charge in [0.2, 0.25) is 0 Å². The van der Waals surface area contributed by atoms with Crippen molar-refractivity contribution in [3.8, 4) is 11.3 Å². The number of hydrogen-bond donors (Lipinski definition) is 2. The van der Waals surface area contributed by atoms with E-state index in [-0.39, 0.29) is 16.5 Å². The van der Waals surface area contributed by atoms with E-state index in [1.807, 2.05) is 6.07 Å². The van der Waals surface area contributed by atoms with Crippen LogP contribution in [0.5, 0.6) is 0 Å². The zero-order valence-electron chi connectivity index (χ0n) is 15.5. The van der Waals surface area contributed by atoms with E-state index < -0.39 is 5.91 Å². The van der Waals surface area contributed by atoms with Gasteiger partial charge >= 0.3 is 0 Å². The third kappa shape index (κ3) is 5.00. The molecular formula is C20H12Cl5N5O. The fourth-order valence-electron chi connectivity index (χ4n) is 2.80. The molecule has 6 nitrogen and oxygen atoms in total. The van der Waals surface area contributed by atoms with Crippen LogP contribution in [0, 0.1) is 0 Å². The summed E-state index contributed by atoms with van der Waals surface area (Å²) >= 11 is 30.2. The molecule has 11 heteroatoms. The highest BCUT2D eigenvalue weighted by Crippen LogP contribution is 2.28. The molecule has 0 saturated carbocycles. The summed E-state index contributed by atoms with van der Waals surface area (Å²) in [6, 6.07) is 12.0. The van der Waals surface area contributed by atoms with Crippen LogP contribution in [0.1, 0.15) is 16.1 Å². The first-order valence-corrected chi connectivity index (χ1v) is 10.7. The van der Waals surface area contributed by atoms with Crippen LogP contribution in [0.25, 0.3) is 11.3 Å². The van der Waals surface area contributed by atoms with Crippen molar-refractivity contribution in [1.29, 1.82) is 0 Å². The second kappa shape index (κ2) is 9.10. The van der Waals surface area contributed by atoms with E-state index in [2.05, 4.69) is 20.6 Å². The molecule has 1 amide bonds. The summed E-state index contributed by atoms with van der Waals surface area (Å²) in [5.74, 6) is -0.224. The Kier molecular flexibility index (Phi) is 6.46. The highest BCUT2D eigenvalue weighted by Gasteiger charge is 2.16. The number of halogens is 5. The predicted octanol–water partition coefficient (Wildman–Crippen LogP) is 6.84. The number of amides is 1. The van der Waals surface area contributed by atoms with Gasteiger partial charge in [-0.25, -0.2) is 0 Å². The molecule has 4 aromatic rings. The van der Waals surface area contributed by atoms with Gasteiger partial charge in [0, 0.05) is 11.8 Å². The summed E-state index contributed by atoms with van der Waals surface area (Å²) in [5.41, 5.74) is 2.37. The van der Waals surface area contributed by atoms with Crippen LogP contribution < -0.4 is 5.32 Å². The third-order valence-electron chi connectivity index (χ3n) is 4.32. The molecule has 0 atom stereocenters. The van der Waals surface area contributed by atoms with Crippen LogP contribution in [-0.4, -0.2) is 25.9 Å². The Bertz CT molecular complexity index is 1280. The third-order valence-corrected chi connectivity index (χ3v) is 6.07. The van der Waals surface area contributed by atoms with Crippen molar-refractivity contribution >= 4 is 69.7 Å². The zero-order chi connectivity index (χ0) is 22.1. The van der Waals surface area contributed by atoms with E-state index in [0.717, 1.165) is 5.56 Å². The molecule has 2 aromatic carbocycles. The quantitative estimate of drug-likeness (QED) is 0.306. The second-order valence-electron chi connectivity index (χ2n) is 6.52. The number of carbonyl (C=O) groups excluding carboxylic acids is 1. The SMILES string of the molecule is O=C(Nc1nn(Cc2ccc(Cl)c(Cl)c2)cc1Cl)c1cc(-c2ccc(Cl)c(Cl)c2)n[nH]1. The standard InChI is InChI=1S/C20H12Cl5N5O/c21-12-3-1-10(5-14(12)23)8-30-9-16(25)19(29-30)26-20(31)18-7-17(27-28-18)11-2-4-13(22)15(24)6-11/h1-7,9H,8H2,(H,27,28)(H,26,29,31). The van der Waals surface area contributed by atoms with Crippen LogP contribution in [0.2, 0.25) is 25.1 Å². The number of benzene rings is 2. The summed E-state index contributed by atoms with van der Waals surface area (Å²) in [5, 5.41) is 15.9. The van der Waals surface area contributed by atoms with Crippen molar-refractivity contribution < 1.29 is 4.79 Å². The fourth-order valence-corrected chi connectivity index (χ4v) is 3.62. The Morgan fingerprint density at radius 3 is 2.32 bits per heavy atom. The maximum Gasteiger partial charge on any atom is 0.274 e. The van der Waals surface area contributed by atoms with E-state index in [4.69, 9.17) is 58.0 Å². The molecule has 31 heavy (non-hydrogen) atoms. The molecule has 0 saturated heterocycles. The molecule has 158 valence electrons. The Hall–Kier alpha value is -2.22. The molecule has 0 fully saturated rings. The van der Waals surface area contributed by atoms with Gasteiger partial charge in [-0.1, -0.05) is 70.1 Å². The lowest BCUT2D eigenvalue weighted by molar-refractivity contribution is 0.102. The number of aromatic nitrogens is 4. The maximum absolute atomic E-state index is 12.6. The smallest absolute Gasteiger partial charge is 0.274 e. The number of rotatable bonds is 5. The molecule has 0 radical (unpaired) electrons. The molecule has 0 aliphatic heterocycles. The molecule has 2 aromatic heterocycles. The van der Waals surface area contributed by atoms with Crippen molar-refractivity contribution in [2.75, 3.05) is 5.32 Å². The first kappa shape index (κ1) is 22.0. The molecular weight excluding hydrogens is 504 g/mol. The average Bonchev–Trinajstić information content (AvgIpc) is 3.34. The van der Waals surface area contributed by atoms with Gasteiger partial charge < -0.3 is 5.32 Å². The Labute approximate surface area is 202 Å². The number of H-pyrrole nitrogens is 1. The molecule has 0 spiro atoms. The summed E-state index contributed by atoms with van der Waals surface area (Å²) in [7, 11) is 0. The lowest BCUT2D eigenvalue weighted by atomic mass is 10.1. The minimum Gasteiger partial charge on any atom is -0.302 e. The summed E-state index contributed by atoms with van der Waals surface area (Å²) in [4.78, 5) is 12.6. The van der Waals surface area contributed by atoms with E-state index >= 15 is 0 Å². The summed E-state index contributed by atoms with van der Waals surface area (Å²) in [6.45, 7) is 0.401. The lowest BCUT2D eigenvalue weighted by Crippen LogP contribution is -2.13. The number of anilines is 1. The van der Waals surface area contributed by atoms with Crippen molar-refractivity contribution in [2.45, 2.75) is 6.54 Å². The molecule has 0 aliphatic carbocycles. The van der Waals surface area contributed by atoms with Gasteiger partial charge in [0.25, 0.3) is 5.91 Å². The van der Waals surface area contributed by atoms with Crippen molar-refractivity contribution in [2.24, 2.45) is 0 Å². The second-order valence-corrected chi connectivity index (χ2v) is 8.56. The zero-order valence-corrected chi connectivity index (χ0v) is 19.2. The number of hydrogen-bond acceptors (Lipinski definition) is 3. The highest BCUT2D eigenvalue weighted by atomic mass is 35.5. The van der Waals surface area contributed by atoms with E-state index in [1.165, 1.54) is 0 Å². The first-order valence-electron chi connectivity index (χ1n) is 8.79. The van der Waals surface area contributed by atoms with Gasteiger partial charge in [-0.2, -0.15) is 10.2 Å². The van der Waals surface area contributed by atoms with Crippen LogP contribution in [-0.2, 0) is 6.54 Å². The normalized spacial score (nSPS) is 11.0. The molecule has 0 bridgehead atoms. The summed E-state index contributed by atoms with van der Waals surface area (Å²) in [6.07, 6.45) is 1.60. The summed E-state index contributed by atoms with van der Waals surface area (Å²) < 4.78 is 1.59. The van der Waals surface area contributed by atoms with Gasteiger partial charge in [0.05, 0.1) is 32.3 Å². The van der Waals surface area contributed by atoms with Gasteiger partial charge in [-0.05, 0) is 35.9 Å². The molecule has 0 aliphatic rings. The largest absolute Gasteiger partial charge is 0.302 e. The van der Waals surface area contributed by atoms with E-state index in [1.54, 1.807) is 47.3 Å². The topological polar surface area (TPSA) is 75.6 Å². The number of carbonyl (C=O) groups is 1. The lowest BCUT2D eigenvalue weighted by Gasteiger charge is -2.04. The van der Waals surface area contributed by atoms with E-state index in [9.17, 15) is 4.79 Å². The van der Waals surface area contributed by atoms with Crippen molar-refractivity contribution in [1.82, 2.24) is 20.0 Å². The average molecular weight is 516 g/mol. The van der Waals surface area contributed by atoms with Crippen molar-refractivity contribution in [3.05, 3.63) is 85.0 Å². The minimum atomic E-state index is -0.444. The Morgan fingerprint density at radius 1 is 0.903 bits per heavy atom. The molecule has 4 rings (SSSR count).